The van der Waals surface area contributed by atoms with Crippen LogP contribution in [-0.4, -0.2) is 50.3 Å². The molecule has 4 N–H and O–H groups in total. The van der Waals surface area contributed by atoms with Gasteiger partial charge in [-0.25, -0.2) is 0 Å². The van der Waals surface area contributed by atoms with Gasteiger partial charge >= 0.3 is 0 Å². The third kappa shape index (κ3) is 10.8. The maximum atomic E-state index is 13.2. The summed E-state index contributed by atoms with van der Waals surface area (Å²) in [6.07, 6.45) is 14.5. The molecule has 278 valence electrons. The van der Waals surface area contributed by atoms with Crippen molar-refractivity contribution in [2.45, 2.75) is 25.7 Å². The average Bonchev–Trinajstić information content (AvgIpc) is 4.02. The van der Waals surface area contributed by atoms with Crippen molar-refractivity contribution < 1.29 is 47.0 Å². The molecule has 0 unspecified atom stereocenters. The summed E-state index contributed by atoms with van der Waals surface area (Å²) in [5.41, 5.74) is 1.39. The maximum Gasteiger partial charge on any atom is 0.267 e. The summed E-state index contributed by atoms with van der Waals surface area (Å²) in [5, 5.41) is 11.0. The van der Waals surface area contributed by atoms with Crippen LogP contribution in [0.1, 0.15) is 48.3 Å². The van der Waals surface area contributed by atoms with Crippen LogP contribution in [0.2, 0.25) is 0 Å². The van der Waals surface area contributed by atoms with Gasteiger partial charge in [-0.15, -0.1) is 0 Å². The first-order valence-corrected chi connectivity index (χ1v) is 17.2. The van der Waals surface area contributed by atoms with Gasteiger partial charge in [0.05, 0.1) is 12.5 Å². The van der Waals surface area contributed by atoms with E-state index in [0.29, 0.717) is 71.6 Å². The van der Waals surface area contributed by atoms with E-state index in [4.69, 9.17) is 27.8 Å². The predicted molar refractivity (Wildman–Crippen MR) is 197 cm³/mol. The highest BCUT2D eigenvalue weighted by Gasteiger charge is 2.17. The van der Waals surface area contributed by atoms with Crippen LogP contribution >= 0.6 is 0 Å². The van der Waals surface area contributed by atoms with Crippen molar-refractivity contribution in [3.05, 3.63) is 119 Å². The van der Waals surface area contributed by atoms with Crippen LogP contribution in [0.25, 0.3) is 24.3 Å². The Morgan fingerprint density at radius 2 is 1.00 bits per heavy atom. The molecule has 0 aliphatic carbocycles. The highest BCUT2D eigenvalue weighted by atomic mass is 16.7. The Hall–Kier alpha value is -6.96. The molecule has 0 spiro atoms. The minimum atomic E-state index is -0.505. The number of unbranched alkanes of at least 4 members (excludes halogenated alkanes) is 3. The van der Waals surface area contributed by atoms with Gasteiger partial charge in [0, 0.05) is 25.2 Å². The number of carbonyl (C=O) groups is 4. The number of amides is 4. The first-order chi connectivity index (χ1) is 26.4. The van der Waals surface area contributed by atoms with Gasteiger partial charge in [-0.05, 0) is 96.8 Å². The van der Waals surface area contributed by atoms with Gasteiger partial charge in [-0.3, -0.25) is 19.2 Å². The van der Waals surface area contributed by atoms with Crippen molar-refractivity contribution >= 4 is 47.9 Å². The molecular formula is C40H38N4O10. The first kappa shape index (κ1) is 36.8. The zero-order valence-electron chi connectivity index (χ0n) is 29.1. The van der Waals surface area contributed by atoms with Crippen LogP contribution < -0.4 is 40.2 Å². The Morgan fingerprint density at radius 1 is 0.556 bits per heavy atom. The molecule has 2 aliphatic heterocycles. The van der Waals surface area contributed by atoms with Crippen LogP contribution in [0.5, 0.6) is 23.0 Å². The molecule has 4 heterocycles. The summed E-state index contributed by atoms with van der Waals surface area (Å²) in [7, 11) is 0. The number of ether oxygens (including phenoxy) is 4. The molecule has 4 aromatic rings. The normalized spacial score (nSPS) is 13.3. The standard InChI is InChI=1S/C40H38N4O10/c45-37(15-11-29-7-5-19-49-29)43-31(21-27-9-13-33-35(23-27)53-25-51-33)39(47)41-17-3-1-2-4-18-42-40(48)32(44-38(46)16-12-30-8-6-20-50-30)22-28-10-14-34-36(24-28)54-26-52-34/h5-16,19-24H,1-4,17-18,25-26H2,(H,41,47)(H,42,48)(H,43,45)(H,44,46)/b15-11+,16-12+,31-21-,32-22-. The molecule has 2 aromatic carbocycles. The number of hydrogen-bond acceptors (Lipinski definition) is 10. The van der Waals surface area contributed by atoms with E-state index in [1.165, 1.54) is 36.8 Å². The summed E-state index contributed by atoms with van der Waals surface area (Å²) in [6, 6.07) is 17.3. The van der Waals surface area contributed by atoms with E-state index in [1.54, 1.807) is 72.8 Å². The lowest BCUT2D eigenvalue weighted by Gasteiger charge is -2.11. The summed E-state index contributed by atoms with van der Waals surface area (Å²) >= 11 is 0. The van der Waals surface area contributed by atoms with Crippen molar-refractivity contribution in [2.24, 2.45) is 0 Å². The van der Waals surface area contributed by atoms with Crippen LogP contribution in [-0.2, 0) is 19.2 Å². The second kappa shape index (κ2) is 18.5. The number of furan rings is 2. The Labute approximate surface area is 310 Å². The Balaban J connectivity index is 0.971. The predicted octanol–water partition coefficient (Wildman–Crippen LogP) is 5.16. The summed E-state index contributed by atoms with van der Waals surface area (Å²) in [4.78, 5) is 51.7. The van der Waals surface area contributed by atoms with Crippen LogP contribution in [0.15, 0.2) is 106 Å². The molecule has 0 radical (unpaired) electrons. The lowest BCUT2D eigenvalue weighted by Crippen LogP contribution is -2.35. The highest BCUT2D eigenvalue weighted by Crippen LogP contribution is 2.34. The molecule has 0 saturated carbocycles. The van der Waals surface area contributed by atoms with Crippen molar-refractivity contribution in [3.63, 3.8) is 0 Å². The molecule has 2 aliphatic rings. The van der Waals surface area contributed by atoms with E-state index in [-0.39, 0.29) is 25.0 Å². The molecular weight excluding hydrogens is 696 g/mol. The Morgan fingerprint density at radius 3 is 1.43 bits per heavy atom. The third-order valence-corrected chi connectivity index (χ3v) is 7.98. The molecule has 14 heteroatoms. The fraction of sp³-hybridized carbons (Fsp3) is 0.200. The number of hydrogen-bond donors (Lipinski definition) is 4. The molecule has 6 rings (SSSR count). The first-order valence-electron chi connectivity index (χ1n) is 17.2. The topological polar surface area (TPSA) is 180 Å². The lowest BCUT2D eigenvalue weighted by atomic mass is 10.1. The van der Waals surface area contributed by atoms with Crippen molar-refractivity contribution in [1.82, 2.24) is 21.3 Å². The number of rotatable bonds is 17. The van der Waals surface area contributed by atoms with Crippen molar-refractivity contribution in [3.8, 4) is 23.0 Å². The molecule has 14 nitrogen and oxygen atoms in total. The summed E-state index contributed by atoms with van der Waals surface area (Å²) < 4.78 is 32.1. The maximum absolute atomic E-state index is 13.2. The fourth-order valence-electron chi connectivity index (χ4n) is 5.29. The monoisotopic (exact) mass is 734 g/mol. The van der Waals surface area contributed by atoms with Crippen molar-refractivity contribution in [2.75, 3.05) is 26.7 Å². The number of carbonyl (C=O) groups excluding carboxylic acids is 4. The van der Waals surface area contributed by atoms with Gasteiger partial charge in [0.25, 0.3) is 11.8 Å². The van der Waals surface area contributed by atoms with Gasteiger partial charge in [0.2, 0.25) is 25.4 Å². The van der Waals surface area contributed by atoms with E-state index in [9.17, 15) is 19.2 Å². The van der Waals surface area contributed by atoms with E-state index < -0.39 is 23.6 Å². The summed E-state index contributed by atoms with van der Waals surface area (Å²) in [6.45, 7) is 0.949. The van der Waals surface area contributed by atoms with Gasteiger partial charge in [-0.1, -0.05) is 25.0 Å². The molecule has 0 saturated heterocycles. The van der Waals surface area contributed by atoms with Gasteiger partial charge in [0.1, 0.15) is 22.9 Å². The van der Waals surface area contributed by atoms with E-state index in [0.717, 1.165) is 12.8 Å². The zero-order chi connectivity index (χ0) is 37.5. The Kier molecular flexibility index (Phi) is 12.6. The molecule has 0 atom stereocenters. The van der Waals surface area contributed by atoms with E-state index in [2.05, 4.69) is 21.3 Å². The highest BCUT2D eigenvalue weighted by molar-refractivity contribution is 6.05. The van der Waals surface area contributed by atoms with E-state index in [1.807, 2.05) is 0 Å². The SMILES string of the molecule is O=C(/C=C/c1ccco1)N/C(=C\c1ccc2c(c1)OCO2)C(=O)NCCCCCCNC(=O)/C(=C/c1ccc2c(c1)OCO2)NC(=O)/C=C/c1ccco1. The molecule has 0 bridgehead atoms. The van der Waals surface area contributed by atoms with Crippen molar-refractivity contribution in [1.29, 1.82) is 0 Å². The summed E-state index contributed by atoms with van der Waals surface area (Å²) in [5.74, 6) is 1.36. The molecule has 0 fully saturated rings. The smallest absolute Gasteiger partial charge is 0.267 e. The minimum Gasteiger partial charge on any atom is -0.465 e. The number of benzene rings is 2. The zero-order valence-corrected chi connectivity index (χ0v) is 29.1. The van der Waals surface area contributed by atoms with Gasteiger partial charge in [-0.2, -0.15) is 0 Å². The minimum absolute atomic E-state index is 0.0545. The Bertz CT molecular complexity index is 1920. The largest absolute Gasteiger partial charge is 0.465 e. The molecule has 54 heavy (non-hydrogen) atoms. The van der Waals surface area contributed by atoms with E-state index >= 15 is 0 Å². The average molecular weight is 735 g/mol. The second-order valence-electron chi connectivity index (χ2n) is 11.9. The third-order valence-electron chi connectivity index (χ3n) is 7.98. The van der Waals surface area contributed by atoms with Crippen LogP contribution in [0.4, 0.5) is 0 Å². The lowest BCUT2D eigenvalue weighted by molar-refractivity contribution is -0.121. The fourth-order valence-corrected chi connectivity index (χ4v) is 5.29. The second-order valence-corrected chi connectivity index (χ2v) is 11.9. The van der Waals surface area contributed by atoms with Gasteiger partial charge in [0.15, 0.2) is 23.0 Å². The molecule has 4 amide bonds. The number of nitrogens with one attached hydrogen (secondary N) is 4. The van der Waals surface area contributed by atoms with Gasteiger partial charge < -0.3 is 49.0 Å². The molecule has 2 aromatic heterocycles. The van der Waals surface area contributed by atoms with Crippen LogP contribution in [0, 0.1) is 0 Å². The quantitative estimate of drug-likeness (QED) is 0.0836. The van der Waals surface area contributed by atoms with Crippen LogP contribution in [0.3, 0.4) is 0 Å². The number of fused-ring (bicyclic) bond motifs is 2.